The van der Waals surface area contributed by atoms with E-state index in [2.05, 4.69) is 67.5 Å². The lowest BCUT2D eigenvalue weighted by Gasteiger charge is -2.37. The van der Waals surface area contributed by atoms with Crippen molar-refractivity contribution in [3.8, 4) is 0 Å². The standard InChI is InChI=1S/C31H48O3/c1-12-26(31(10,11)24-16-14-13-15-17-24)28(33)19-27(30(7,8)9)29(34)22(5)25(20(2)3)18-21(4)23(6)32/h13-18,20,22,25-27H,12,19H2,1-11H3/b21-18+. The van der Waals surface area contributed by atoms with Crippen LogP contribution in [0.2, 0.25) is 0 Å². The van der Waals surface area contributed by atoms with Crippen LogP contribution in [0.5, 0.6) is 0 Å². The molecule has 3 nitrogen and oxygen atoms in total. The molecule has 4 atom stereocenters. The quantitative estimate of drug-likeness (QED) is 0.296. The second kappa shape index (κ2) is 12.1. The second-order valence-electron chi connectivity index (χ2n) is 12.1. The number of carbonyl (C=O) groups is 3. The molecule has 0 amide bonds. The van der Waals surface area contributed by atoms with Crippen LogP contribution in [0.25, 0.3) is 0 Å². The second-order valence-corrected chi connectivity index (χ2v) is 12.1. The van der Waals surface area contributed by atoms with Crippen molar-refractivity contribution < 1.29 is 14.4 Å². The van der Waals surface area contributed by atoms with E-state index in [-0.39, 0.29) is 64.2 Å². The first kappa shape index (κ1) is 30.0. The molecule has 0 aliphatic heterocycles. The Morgan fingerprint density at radius 1 is 0.882 bits per heavy atom. The van der Waals surface area contributed by atoms with E-state index in [0.717, 1.165) is 12.0 Å². The monoisotopic (exact) mass is 468 g/mol. The van der Waals surface area contributed by atoms with Gasteiger partial charge < -0.3 is 0 Å². The third-order valence-corrected chi connectivity index (χ3v) is 7.77. The van der Waals surface area contributed by atoms with Crippen LogP contribution in [0.15, 0.2) is 42.0 Å². The Balaban J connectivity index is 3.29. The van der Waals surface area contributed by atoms with E-state index in [4.69, 9.17) is 0 Å². The lowest BCUT2D eigenvalue weighted by molar-refractivity contribution is -0.137. The summed E-state index contributed by atoms with van der Waals surface area (Å²) >= 11 is 0. The van der Waals surface area contributed by atoms with Gasteiger partial charge in [0.05, 0.1) is 0 Å². The Hall–Kier alpha value is -2.03. The Bertz CT molecular complexity index is 868. The lowest BCUT2D eigenvalue weighted by Crippen LogP contribution is -2.41. The highest BCUT2D eigenvalue weighted by Crippen LogP contribution is 2.40. The van der Waals surface area contributed by atoms with Crippen LogP contribution in [0.4, 0.5) is 0 Å². The first-order chi connectivity index (χ1) is 15.5. The SMILES string of the molecule is CCC(C(=O)CC(C(=O)C(C)C(/C=C(\C)C(C)=O)C(C)C)C(C)(C)C)C(C)(C)c1ccccc1. The number of allylic oxidation sites excluding steroid dienone is 2. The summed E-state index contributed by atoms with van der Waals surface area (Å²) in [5.74, 6) is -0.321. The highest BCUT2D eigenvalue weighted by atomic mass is 16.1. The van der Waals surface area contributed by atoms with Gasteiger partial charge in [0.1, 0.15) is 11.6 Å². The largest absolute Gasteiger partial charge is 0.299 e. The molecule has 0 spiro atoms. The third-order valence-electron chi connectivity index (χ3n) is 7.77. The van der Waals surface area contributed by atoms with Crippen molar-refractivity contribution in [2.45, 2.75) is 94.4 Å². The molecule has 1 aromatic rings. The zero-order valence-corrected chi connectivity index (χ0v) is 23.5. The minimum Gasteiger partial charge on any atom is -0.299 e. The zero-order chi connectivity index (χ0) is 26.4. The van der Waals surface area contributed by atoms with Crippen LogP contribution in [-0.4, -0.2) is 17.3 Å². The normalized spacial score (nSPS) is 16.6. The highest BCUT2D eigenvalue weighted by molar-refractivity contribution is 5.93. The molecule has 0 radical (unpaired) electrons. The molecule has 0 fully saturated rings. The van der Waals surface area contributed by atoms with Crippen molar-refractivity contribution in [2.75, 3.05) is 0 Å². The zero-order valence-electron chi connectivity index (χ0n) is 23.5. The van der Waals surface area contributed by atoms with Gasteiger partial charge in [0, 0.05) is 24.2 Å². The topological polar surface area (TPSA) is 51.2 Å². The molecule has 0 aliphatic rings. The molecule has 0 saturated heterocycles. The van der Waals surface area contributed by atoms with Crippen LogP contribution in [0.1, 0.15) is 94.6 Å². The summed E-state index contributed by atoms with van der Waals surface area (Å²) in [4.78, 5) is 39.5. The average Bonchev–Trinajstić information content (AvgIpc) is 2.74. The van der Waals surface area contributed by atoms with Gasteiger partial charge in [-0.2, -0.15) is 0 Å². The summed E-state index contributed by atoms with van der Waals surface area (Å²) in [6.07, 6.45) is 2.95. The van der Waals surface area contributed by atoms with E-state index in [1.165, 1.54) is 0 Å². The number of hydrogen-bond donors (Lipinski definition) is 0. The Labute approximate surface area is 208 Å². The molecule has 0 heterocycles. The van der Waals surface area contributed by atoms with Crippen LogP contribution < -0.4 is 0 Å². The maximum atomic E-state index is 13.9. The van der Waals surface area contributed by atoms with Crippen LogP contribution >= 0.6 is 0 Å². The lowest BCUT2D eigenvalue weighted by atomic mass is 9.65. The molecule has 3 heteroatoms. The summed E-state index contributed by atoms with van der Waals surface area (Å²) < 4.78 is 0. The fourth-order valence-corrected chi connectivity index (χ4v) is 5.21. The van der Waals surface area contributed by atoms with Gasteiger partial charge in [0.2, 0.25) is 0 Å². The van der Waals surface area contributed by atoms with Crippen LogP contribution in [0.3, 0.4) is 0 Å². The molecule has 190 valence electrons. The van der Waals surface area contributed by atoms with Crippen molar-refractivity contribution in [3.05, 3.63) is 47.5 Å². The molecule has 1 rings (SSSR count). The molecule has 0 bridgehead atoms. The summed E-state index contributed by atoms with van der Waals surface area (Å²) in [7, 11) is 0. The van der Waals surface area contributed by atoms with Crippen molar-refractivity contribution >= 4 is 17.3 Å². The summed E-state index contributed by atoms with van der Waals surface area (Å²) in [6, 6.07) is 10.2. The summed E-state index contributed by atoms with van der Waals surface area (Å²) in [6.45, 7) is 22.0. The maximum Gasteiger partial charge on any atom is 0.155 e. The third kappa shape index (κ3) is 7.48. The first-order valence-corrected chi connectivity index (χ1v) is 12.9. The number of carbonyl (C=O) groups excluding carboxylic acids is 3. The highest BCUT2D eigenvalue weighted by Gasteiger charge is 2.42. The maximum absolute atomic E-state index is 13.9. The number of ketones is 3. The van der Waals surface area contributed by atoms with Gasteiger partial charge in [-0.1, -0.05) is 98.7 Å². The van der Waals surface area contributed by atoms with Crippen molar-refractivity contribution in [1.82, 2.24) is 0 Å². The Morgan fingerprint density at radius 3 is 1.82 bits per heavy atom. The van der Waals surface area contributed by atoms with Crippen LogP contribution in [0, 0.1) is 35.0 Å². The average molecular weight is 469 g/mol. The fraction of sp³-hybridized carbons (Fsp3) is 0.645. The van der Waals surface area contributed by atoms with Crippen molar-refractivity contribution in [1.29, 1.82) is 0 Å². The number of rotatable bonds is 12. The number of Topliss-reactive ketones (excluding diaryl/α,β-unsaturated/α-hetero) is 3. The van der Waals surface area contributed by atoms with Crippen molar-refractivity contribution in [3.63, 3.8) is 0 Å². The summed E-state index contributed by atoms with van der Waals surface area (Å²) in [5, 5.41) is 0. The minimum absolute atomic E-state index is 0.0294. The molecule has 34 heavy (non-hydrogen) atoms. The molecule has 0 aromatic heterocycles. The predicted molar refractivity (Wildman–Crippen MR) is 143 cm³/mol. The number of hydrogen-bond acceptors (Lipinski definition) is 3. The molecular weight excluding hydrogens is 420 g/mol. The van der Waals surface area contributed by atoms with Gasteiger partial charge in [-0.25, -0.2) is 0 Å². The molecule has 4 unspecified atom stereocenters. The van der Waals surface area contributed by atoms with Crippen molar-refractivity contribution in [2.24, 2.45) is 35.0 Å². The first-order valence-electron chi connectivity index (χ1n) is 12.9. The molecular formula is C31H48O3. The van der Waals surface area contributed by atoms with Gasteiger partial charge in [-0.3, -0.25) is 14.4 Å². The van der Waals surface area contributed by atoms with E-state index in [0.29, 0.717) is 5.57 Å². The molecule has 0 aliphatic carbocycles. The Morgan fingerprint density at radius 2 is 1.41 bits per heavy atom. The van der Waals surface area contributed by atoms with Crippen LogP contribution in [-0.2, 0) is 19.8 Å². The van der Waals surface area contributed by atoms with E-state index >= 15 is 0 Å². The van der Waals surface area contributed by atoms with E-state index < -0.39 is 0 Å². The van der Waals surface area contributed by atoms with Gasteiger partial charge in [-0.05, 0) is 54.1 Å². The van der Waals surface area contributed by atoms with E-state index in [9.17, 15) is 14.4 Å². The van der Waals surface area contributed by atoms with Gasteiger partial charge in [-0.15, -0.1) is 0 Å². The smallest absolute Gasteiger partial charge is 0.155 e. The van der Waals surface area contributed by atoms with Gasteiger partial charge in [0.15, 0.2) is 5.78 Å². The minimum atomic E-state index is -0.372. The number of benzene rings is 1. The van der Waals surface area contributed by atoms with Gasteiger partial charge in [0.25, 0.3) is 0 Å². The molecule has 0 N–H and O–H groups in total. The molecule has 1 aromatic carbocycles. The van der Waals surface area contributed by atoms with Gasteiger partial charge >= 0.3 is 0 Å². The van der Waals surface area contributed by atoms with E-state index in [1.807, 2.05) is 38.1 Å². The molecule has 0 saturated carbocycles. The predicted octanol–water partition coefficient (Wildman–Crippen LogP) is 7.62. The fourth-order valence-electron chi connectivity index (χ4n) is 5.21. The summed E-state index contributed by atoms with van der Waals surface area (Å²) in [5.41, 5.74) is 1.19. The Kier molecular flexibility index (Phi) is 10.7. The van der Waals surface area contributed by atoms with E-state index in [1.54, 1.807) is 6.92 Å².